The first kappa shape index (κ1) is 10.7. The molecule has 0 spiro atoms. The SMILES string of the molecule is c1cc(OCC2CS2)cc(OCC2CS2)c1. The lowest BCUT2D eigenvalue weighted by atomic mass is 10.3. The molecule has 3 rings (SSSR count). The van der Waals surface area contributed by atoms with Gasteiger partial charge in [-0.15, -0.1) is 0 Å². The van der Waals surface area contributed by atoms with Crippen LogP contribution in [0.2, 0.25) is 0 Å². The maximum atomic E-state index is 5.69. The monoisotopic (exact) mass is 254 g/mol. The fourth-order valence-corrected chi connectivity index (χ4v) is 2.15. The van der Waals surface area contributed by atoms with Gasteiger partial charge in [-0.2, -0.15) is 23.5 Å². The molecule has 2 nitrogen and oxygen atoms in total. The first-order valence-corrected chi connectivity index (χ1v) is 7.59. The van der Waals surface area contributed by atoms with Crippen molar-refractivity contribution in [2.75, 3.05) is 24.7 Å². The van der Waals surface area contributed by atoms with Crippen molar-refractivity contribution in [1.29, 1.82) is 0 Å². The molecule has 2 aliphatic rings. The lowest BCUT2D eigenvalue weighted by molar-refractivity contribution is 0.313. The number of hydrogen-bond acceptors (Lipinski definition) is 4. The van der Waals surface area contributed by atoms with Crippen molar-refractivity contribution in [3.8, 4) is 11.5 Å². The molecular formula is C12H14O2S2. The van der Waals surface area contributed by atoms with Crippen molar-refractivity contribution in [2.45, 2.75) is 10.5 Å². The Labute approximate surface area is 104 Å². The summed E-state index contributed by atoms with van der Waals surface area (Å²) in [7, 11) is 0. The Morgan fingerprint density at radius 2 is 1.50 bits per heavy atom. The molecule has 4 heteroatoms. The zero-order valence-electron chi connectivity index (χ0n) is 8.93. The van der Waals surface area contributed by atoms with Crippen LogP contribution >= 0.6 is 23.5 Å². The average molecular weight is 254 g/mol. The topological polar surface area (TPSA) is 18.5 Å². The van der Waals surface area contributed by atoms with Gasteiger partial charge in [0.15, 0.2) is 0 Å². The molecule has 0 radical (unpaired) electrons. The van der Waals surface area contributed by atoms with E-state index < -0.39 is 0 Å². The van der Waals surface area contributed by atoms with Crippen LogP contribution in [-0.2, 0) is 0 Å². The predicted molar refractivity (Wildman–Crippen MR) is 69.9 cm³/mol. The van der Waals surface area contributed by atoms with Crippen molar-refractivity contribution >= 4 is 23.5 Å². The minimum Gasteiger partial charge on any atom is -0.492 e. The molecule has 0 N–H and O–H groups in total. The van der Waals surface area contributed by atoms with E-state index in [1.807, 2.05) is 47.8 Å². The Morgan fingerprint density at radius 3 is 1.94 bits per heavy atom. The highest BCUT2D eigenvalue weighted by molar-refractivity contribution is 8.07. The van der Waals surface area contributed by atoms with Gasteiger partial charge in [0, 0.05) is 28.1 Å². The van der Waals surface area contributed by atoms with Crippen LogP contribution in [-0.4, -0.2) is 35.2 Å². The van der Waals surface area contributed by atoms with Crippen LogP contribution in [0.25, 0.3) is 0 Å². The second-order valence-electron chi connectivity index (χ2n) is 4.01. The molecule has 0 aromatic heterocycles. The quantitative estimate of drug-likeness (QED) is 0.726. The normalized spacial score (nSPS) is 26.2. The molecule has 0 saturated carbocycles. The minimum absolute atomic E-state index is 0.715. The second kappa shape index (κ2) is 4.80. The highest BCUT2D eigenvalue weighted by Gasteiger charge is 2.24. The van der Waals surface area contributed by atoms with Crippen LogP contribution in [0, 0.1) is 0 Å². The van der Waals surface area contributed by atoms with Crippen molar-refractivity contribution in [1.82, 2.24) is 0 Å². The van der Waals surface area contributed by atoms with Gasteiger partial charge in [-0.25, -0.2) is 0 Å². The van der Waals surface area contributed by atoms with E-state index in [9.17, 15) is 0 Å². The predicted octanol–water partition coefficient (Wildman–Crippen LogP) is 2.68. The van der Waals surface area contributed by atoms with Crippen LogP contribution in [0.5, 0.6) is 11.5 Å². The Balaban J connectivity index is 1.52. The smallest absolute Gasteiger partial charge is 0.123 e. The average Bonchev–Trinajstić information content (AvgIpc) is 3.17. The zero-order valence-corrected chi connectivity index (χ0v) is 10.6. The minimum atomic E-state index is 0.715. The largest absolute Gasteiger partial charge is 0.492 e. The van der Waals surface area contributed by atoms with Gasteiger partial charge in [0.05, 0.1) is 0 Å². The summed E-state index contributed by atoms with van der Waals surface area (Å²) in [6, 6.07) is 7.96. The molecule has 2 heterocycles. The van der Waals surface area contributed by atoms with Gasteiger partial charge in [0.25, 0.3) is 0 Å². The van der Waals surface area contributed by atoms with Gasteiger partial charge >= 0.3 is 0 Å². The summed E-state index contributed by atoms with van der Waals surface area (Å²) in [5.74, 6) is 4.34. The van der Waals surface area contributed by atoms with E-state index in [0.717, 1.165) is 24.7 Å². The van der Waals surface area contributed by atoms with E-state index in [1.54, 1.807) is 0 Å². The molecule has 2 saturated heterocycles. The summed E-state index contributed by atoms with van der Waals surface area (Å²) in [5.41, 5.74) is 0. The maximum absolute atomic E-state index is 5.69. The molecule has 0 bridgehead atoms. The van der Waals surface area contributed by atoms with Crippen molar-refractivity contribution in [3.05, 3.63) is 24.3 Å². The van der Waals surface area contributed by atoms with E-state index in [1.165, 1.54) is 11.5 Å². The van der Waals surface area contributed by atoms with Crippen molar-refractivity contribution in [3.63, 3.8) is 0 Å². The molecule has 86 valence electrons. The van der Waals surface area contributed by atoms with Crippen molar-refractivity contribution < 1.29 is 9.47 Å². The molecule has 2 unspecified atom stereocenters. The molecule has 0 aliphatic carbocycles. The third-order valence-corrected chi connectivity index (χ3v) is 4.36. The third-order valence-electron chi connectivity index (χ3n) is 2.48. The summed E-state index contributed by atoms with van der Waals surface area (Å²) in [6.45, 7) is 1.65. The molecule has 16 heavy (non-hydrogen) atoms. The van der Waals surface area contributed by atoms with Gasteiger partial charge in [0.2, 0.25) is 0 Å². The maximum Gasteiger partial charge on any atom is 0.123 e. The highest BCUT2D eigenvalue weighted by Crippen LogP contribution is 2.32. The summed E-state index contributed by atoms with van der Waals surface area (Å²) >= 11 is 3.91. The standard InChI is InChI=1S/C12H14O2S2/c1-2-9(13-5-11-7-15-11)4-10(3-1)14-6-12-8-16-12/h1-4,11-12H,5-8H2. The fraction of sp³-hybridized carbons (Fsp3) is 0.500. The summed E-state index contributed by atoms with van der Waals surface area (Å²) in [4.78, 5) is 0. The van der Waals surface area contributed by atoms with E-state index in [2.05, 4.69) is 0 Å². The summed E-state index contributed by atoms with van der Waals surface area (Å²) in [5, 5.41) is 1.43. The highest BCUT2D eigenvalue weighted by atomic mass is 32.2. The first-order chi connectivity index (χ1) is 7.90. The van der Waals surface area contributed by atoms with Crippen LogP contribution < -0.4 is 9.47 Å². The Bertz CT molecular complexity index is 331. The molecule has 0 amide bonds. The number of ether oxygens (including phenoxy) is 2. The number of benzene rings is 1. The zero-order chi connectivity index (χ0) is 10.8. The molecule has 2 fully saturated rings. The lowest BCUT2D eigenvalue weighted by Crippen LogP contribution is -2.05. The Hall–Kier alpha value is -0.480. The Kier molecular flexibility index (Phi) is 3.20. The van der Waals surface area contributed by atoms with E-state index >= 15 is 0 Å². The lowest BCUT2D eigenvalue weighted by Gasteiger charge is -2.08. The van der Waals surface area contributed by atoms with Gasteiger partial charge in [-0.05, 0) is 12.1 Å². The van der Waals surface area contributed by atoms with Gasteiger partial charge in [0.1, 0.15) is 24.7 Å². The molecule has 2 atom stereocenters. The van der Waals surface area contributed by atoms with Crippen LogP contribution in [0.4, 0.5) is 0 Å². The number of thioether (sulfide) groups is 2. The van der Waals surface area contributed by atoms with Crippen LogP contribution in [0.3, 0.4) is 0 Å². The van der Waals surface area contributed by atoms with Gasteiger partial charge < -0.3 is 9.47 Å². The Morgan fingerprint density at radius 1 is 1.00 bits per heavy atom. The van der Waals surface area contributed by atoms with Crippen LogP contribution in [0.15, 0.2) is 24.3 Å². The third kappa shape index (κ3) is 3.25. The van der Waals surface area contributed by atoms with Gasteiger partial charge in [-0.1, -0.05) is 6.07 Å². The molecule has 1 aromatic carbocycles. The first-order valence-electron chi connectivity index (χ1n) is 5.49. The van der Waals surface area contributed by atoms with E-state index in [0.29, 0.717) is 10.5 Å². The fourth-order valence-electron chi connectivity index (χ4n) is 1.36. The van der Waals surface area contributed by atoms with E-state index in [4.69, 9.17) is 9.47 Å². The van der Waals surface area contributed by atoms with Crippen molar-refractivity contribution in [2.24, 2.45) is 0 Å². The van der Waals surface area contributed by atoms with E-state index in [-0.39, 0.29) is 0 Å². The molecule has 2 aliphatic heterocycles. The number of rotatable bonds is 6. The second-order valence-corrected chi connectivity index (χ2v) is 6.67. The molecular weight excluding hydrogens is 240 g/mol. The van der Waals surface area contributed by atoms with Gasteiger partial charge in [-0.3, -0.25) is 0 Å². The summed E-state index contributed by atoms with van der Waals surface area (Å²) < 4.78 is 11.4. The van der Waals surface area contributed by atoms with Crippen LogP contribution in [0.1, 0.15) is 0 Å². The molecule has 1 aromatic rings. The number of hydrogen-bond donors (Lipinski definition) is 0. The summed E-state index contributed by atoms with van der Waals surface area (Å²) in [6.07, 6.45) is 0.